The van der Waals surface area contributed by atoms with E-state index in [0.717, 1.165) is 17.2 Å². The number of ether oxygens (including phenoxy) is 2. The van der Waals surface area contributed by atoms with Crippen LogP contribution in [0.1, 0.15) is 38.2 Å². The number of thiocarbonyl (C=S) groups is 1. The van der Waals surface area contributed by atoms with Gasteiger partial charge in [0.2, 0.25) is 0 Å². The molecule has 0 radical (unpaired) electrons. The Hall–Kier alpha value is -1.13. The van der Waals surface area contributed by atoms with E-state index >= 15 is 0 Å². The Labute approximate surface area is 126 Å². The third-order valence-electron chi connectivity index (χ3n) is 3.79. The monoisotopic (exact) mass is 293 g/mol. The Morgan fingerprint density at radius 1 is 1.25 bits per heavy atom. The van der Waals surface area contributed by atoms with Crippen molar-refractivity contribution < 1.29 is 9.47 Å². The third-order valence-corrected chi connectivity index (χ3v) is 4.02. The molecule has 1 aliphatic rings. The van der Waals surface area contributed by atoms with Crippen molar-refractivity contribution in [3.8, 4) is 5.75 Å². The van der Waals surface area contributed by atoms with E-state index in [1.54, 1.807) is 0 Å². The lowest BCUT2D eigenvalue weighted by Gasteiger charge is -2.26. The summed E-state index contributed by atoms with van der Waals surface area (Å²) >= 11 is 4.95. The van der Waals surface area contributed by atoms with E-state index in [9.17, 15) is 0 Å². The highest BCUT2D eigenvalue weighted by atomic mass is 32.1. The molecule has 0 spiro atoms. The quantitative estimate of drug-likeness (QED) is 0.645. The van der Waals surface area contributed by atoms with Crippen LogP contribution in [0.5, 0.6) is 5.75 Å². The summed E-state index contributed by atoms with van der Waals surface area (Å²) in [6.07, 6.45) is 5.33. The van der Waals surface area contributed by atoms with Crippen molar-refractivity contribution in [2.75, 3.05) is 13.2 Å². The van der Waals surface area contributed by atoms with Gasteiger partial charge in [-0.25, -0.2) is 0 Å². The summed E-state index contributed by atoms with van der Waals surface area (Å²) in [7, 11) is 0. The van der Waals surface area contributed by atoms with E-state index in [-0.39, 0.29) is 0 Å². The van der Waals surface area contributed by atoms with E-state index in [1.165, 1.54) is 25.7 Å². The van der Waals surface area contributed by atoms with Gasteiger partial charge in [-0.2, -0.15) is 0 Å². The molecule has 110 valence electrons. The fourth-order valence-corrected chi connectivity index (χ4v) is 2.64. The van der Waals surface area contributed by atoms with E-state index in [1.807, 2.05) is 24.3 Å². The highest BCUT2D eigenvalue weighted by Crippen LogP contribution is 2.25. The predicted octanol–water partition coefficient (Wildman–Crippen LogP) is 3.29. The summed E-state index contributed by atoms with van der Waals surface area (Å²) in [6, 6.07) is 7.55. The average molecular weight is 293 g/mol. The first-order valence-electron chi connectivity index (χ1n) is 7.29. The molecule has 0 amide bonds. The minimum absolute atomic E-state index is 0.392. The maximum Gasteiger partial charge on any atom is 0.120 e. The van der Waals surface area contributed by atoms with Crippen LogP contribution in [-0.4, -0.2) is 24.3 Å². The largest absolute Gasteiger partial charge is 0.491 e. The standard InChI is InChI=1S/C16H23NO2S/c1-12-5-7-14(8-6-12)18-9-10-19-15-4-2-3-13(11-15)16(17)20/h2-4,11-12,14H,5-10H2,1H3,(H2,17,20). The molecule has 1 saturated carbocycles. The van der Waals surface area contributed by atoms with Crippen LogP contribution in [0.15, 0.2) is 24.3 Å². The first-order valence-corrected chi connectivity index (χ1v) is 7.70. The van der Waals surface area contributed by atoms with Crippen LogP contribution in [0, 0.1) is 5.92 Å². The summed E-state index contributed by atoms with van der Waals surface area (Å²) in [5.41, 5.74) is 6.43. The smallest absolute Gasteiger partial charge is 0.120 e. The van der Waals surface area contributed by atoms with Gasteiger partial charge in [-0.05, 0) is 43.7 Å². The average Bonchev–Trinajstić information content (AvgIpc) is 2.46. The van der Waals surface area contributed by atoms with Crippen molar-refractivity contribution in [2.45, 2.75) is 38.7 Å². The van der Waals surface area contributed by atoms with Gasteiger partial charge in [0.15, 0.2) is 0 Å². The Balaban J connectivity index is 1.68. The zero-order valence-corrected chi connectivity index (χ0v) is 12.8. The first-order chi connectivity index (χ1) is 9.65. The van der Waals surface area contributed by atoms with Crippen molar-refractivity contribution in [1.29, 1.82) is 0 Å². The third kappa shape index (κ3) is 4.76. The van der Waals surface area contributed by atoms with Crippen molar-refractivity contribution >= 4 is 17.2 Å². The number of hydrogen-bond donors (Lipinski definition) is 1. The molecule has 0 unspecified atom stereocenters. The van der Waals surface area contributed by atoms with Gasteiger partial charge >= 0.3 is 0 Å². The summed E-state index contributed by atoms with van der Waals surface area (Å²) in [6.45, 7) is 3.51. The minimum atomic E-state index is 0.392. The number of benzene rings is 1. The molecule has 0 bridgehead atoms. The topological polar surface area (TPSA) is 44.5 Å². The SMILES string of the molecule is CC1CCC(OCCOc2cccc(C(N)=S)c2)CC1. The number of nitrogens with two attached hydrogens (primary N) is 1. The van der Waals surface area contributed by atoms with Crippen molar-refractivity contribution in [3.63, 3.8) is 0 Å². The molecule has 0 aromatic heterocycles. The van der Waals surface area contributed by atoms with Gasteiger partial charge in [0.05, 0.1) is 12.7 Å². The molecule has 0 saturated heterocycles. The lowest BCUT2D eigenvalue weighted by Crippen LogP contribution is -2.22. The van der Waals surface area contributed by atoms with Crippen LogP contribution in [0.4, 0.5) is 0 Å². The molecule has 0 aliphatic heterocycles. The second-order valence-electron chi connectivity index (χ2n) is 5.49. The fourth-order valence-electron chi connectivity index (χ4n) is 2.51. The maximum absolute atomic E-state index is 5.86. The second kappa shape index (κ2) is 7.60. The molecular weight excluding hydrogens is 270 g/mol. The van der Waals surface area contributed by atoms with Crippen LogP contribution < -0.4 is 10.5 Å². The molecule has 1 aromatic carbocycles. The molecule has 4 heteroatoms. The molecular formula is C16H23NO2S. The number of hydrogen-bond acceptors (Lipinski definition) is 3. The van der Waals surface area contributed by atoms with Gasteiger partial charge in [0, 0.05) is 5.56 Å². The van der Waals surface area contributed by atoms with Gasteiger partial charge in [0.25, 0.3) is 0 Å². The summed E-state index contributed by atoms with van der Waals surface area (Å²) in [5, 5.41) is 0. The zero-order chi connectivity index (χ0) is 14.4. The van der Waals surface area contributed by atoms with Gasteiger partial charge < -0.3 is 15.2 Å². The van der Waals surface area contributed by atoms with Gasteiger partial charge in [-0.15, -0.1) is 0 Å². The molecule has 20 heavy (non-hydrogen) atoms. The van der Waals surface area contributed by atoms with Gasteiger partial charge in [0.1, 0.15) is 17.3 Å². The van der Waals surface area contributed by atoms with E-state index in [4.69, 9.17) is 27.4 Å². The zero-order valence-electron chi connectivity index (χ0n) is 12.0. The highest BCUT2D eigenvalue weighted by Gasteiger charge is 2.18. The van der Waals surface area contributed by atoms with Crippen molar-refractivity contribution in [1.82, 2.24) is 0 Å². The Kier molecular flexibility index (Phi) is 5.80. The molecule has 1 aromatic rings. The highest BCUT2D eigenvalue weighted by molar-refractivity contribution is 7.80. The second-order valence-corrected chi connectivity index (χ2v) is 5.93. The van der Waals surface area contributed by atoms with Gasteiger partial charge in [-0.3, -0.25) is 0 Å². The van der Waals surface area contributed by atoms with Crippen LogP contribution in [0.25, 0.3) is 0 Å². The lowest BCUT2D eigenvalue weighted by atomic mass is 9.89. The number of rotatable bonds is 6. The molecule has 3 nitrogen and oxygen atoms in total. The minimum Gasteiger partial charge on any atom is -0.491 e. The Bertz CT molecular complexity index is 442. The summed E-state index contributed by atoms with van der Waals surface area (Å²) in [4.78, 5) is 0.392. The molecule has 0 atom stereocenters. The predicted molar refractivity (Wildman–Crippen MR) is 85.2 cm³/mol. The lowest BCUT2D eigenvalue weighted by molar-refractivity contribution is 0.00570. The van der Waals surface area contributed by atoms with Gasteiger partial charge in [-0.1, -0.05) is 31.3 Å². The van der Waals surface area contributed by atoms with Crippen molar-refractivity contribution in [2.24, 2.45) is 11.7 Å². The summed E-state index contributed by atoms with van der Waals surface area (Å²) in [5.74, 6) is 1.64. The summed E-state index contributed by atoms with van der Waals surface area (Å²) < 4.78 is 11.5. The molecule has 1 aliphatic carbocycles. The van der Waals surface area contributed by atoms with Crippen LogP contribution >= 0.6 is 12.2 Å². The van der Waals surface area contributed by atoms with E-state index in [2.05, 4.69) is 6.92 Å². The maximum atomic E-state index is 5.86. The van der Waals surface area contributed by atoms with Crippen LogP contribution in [0.2, 0.25) is 0 Å². The van der Waals surface area contributed by atoms with Crippen LogP contribution in [0.3, 0.4) is 0 Å². The molecule has 2 N–H and O–H groups in total. The Morgan fingerprint density at radius 2 is 2.00 bits per heavy atom. The van der Waals surface area contributed by atoms with Crippen LogP contribution in [-0.2, 0) is 4.74 Å². The molecule has 0 heterocycles. The fraction of sp³-hybridized carbons (Fsp3) is 0.562. The molecule has 1 fully saturated rings. The van der Waals surface area contributed by atoms with Crippen molar-refractivity contribution in [3.05, 3.63) is 29.8 Å². The normalized spacial score (nSPS) is 22.4. The van der Waals surface area contributed by atoms with E-state index < -0.39 is 0 Å². The molecule has 2 rings (SSSR count). The van der Waals surface area contributed by atoms with E-state index in [0.29, 0.717) is 24.3 Å². The first kappa shape index (κ1) is 15.3. The Morgan fingerprint density at radius 3 is 2.70 bits per heavy atom.